The Hall–Kier alpha value is -1.86. The first kappa shape index (κ1) is 22.3. The number of thiazole rings is 1. The van der Waals surface area contributed by atoms with Gasteiger partial charge < -0.3 is 5.32 Å². The van der Waals surface area contributed by atoms with Crippen molar-refractivity contribution in [3.63, 3.8) is 0 Å². The van der Waals surface area contributed by atoms with Gasteiger partial charge in [0.2, 0.25) is 20.0 Å². The standard InChI is InChI=1S/C19H24N4O5S3/c1-13-18(29-12-20-13)19(24)21-14-8-10-23(11-9-14)31(27,28)17-6-4-16(5-7-17)30(25,26)22-15-2-3-15/h4-7,12,14-15,22H,2-3,8-11H2,1H3,(H,21,24). The van der Waals surface area contributed by atoms with Crippen LogP contribution >= 0.6 is 11.3 Å². The molecule has 12 heteroatoms. The third-order valence-electron chi connectivity index (χ3n) is 5.41. The lowest BCUT2D eigenvalue weighted by Gasteiger charge is -2.31. The minimum absolute atomic E-state index is 0.0183. The Balaban J connectivity index is 1.37. The number of carbonyl (C=O) groups is 1. The highest BCUT2D eigenvalue weighted by Crippen LogP contribution is 2.25. The molecular formula is C19H24N4O5S3. The summed E-state index contributed by atoms with van der Waals surface area (Å²) in [4.78, 5) is 17.1. The summed E-state index contributed by atoms with van der Waals surface area (Å²) in [6.45, 7) is 2.33. The van der Waals surface area contributed by atoms with E-state index in [1.54, 1.807) is 12.4 Å². The molecule has 1 saturated carbocycles. The summed E-state index contributed by atoms with van der Waals surface area (Å²) in [6, 6.07) is 5.18. The van der Waals surface area contributed by atoms with Gasteiger partial charge in [-0.25, -0.2) is 26.5 Å². The Morgan fingerprint density at radius 1 is 1.00 bits per heavy atom. The number of piperidine rings is 1. The molecule has 4 rings (SSSR count). The second-order valence-electron chi connectivity index (χ2n) is 7.79. The van der Waals surface area contributed by atoms with Crippen molar-refractivity contribution in [3.8, 4) is 0 Å². The van der Waals surface area contributed by atoms with Crippen molar-refractivity contribution in [2.45, 2.75) is 54.5 Å². The summed E-state index contributed by atoms with van der Waals surface area (Å²) in [5.41, 5.74) is 2.30. The van der Waals surface area contributed by atoms with Crippen LogP contribution in [0.25, 0.3) is 0 Å². The molecule has 2 fully saturated rings. The van der Waals surface area contributed by atoms with Crippen molar-refractivity contribution in [2.24, 2.45) is 0 Å². The van der Waals surface area contributed by atoms with E-state index in [9.17, 15) is 21.6 Å². The van der Waals surface area contributed by atoms with Gasteiger partial charge in [-0.1, -0.05) is 0 Å². The highest BCUT2D eigenvalue weighted by molar-refractivity contribution is 7.89. The number of hydrogen-bond donors (Lipinski definition) is 2. The summed E-state index contributed by atoms with van der Waals surface area (Å²) in [7, 11) is -7.37. The normalized spacial score (nSPS) is 18.7. The molecule has 0 spiro atoms. The Kier molecular flexibility index (Phi) is 6.19. The number of amides is 1. The van der Waals surface area contributed by atoms with Gasteiger partial charge in [-0.2, -0.15) is 4.31 Å². The van der Waals surface area contributed by atoms with Gasteiger partial charge in [0.1, 0.15) is 4.88 Å². The molecule has 0 bridgehead atoms. The molecular weight excluding hydrogens is 460 g/mol. The number of aryl methyl sites for hydroxylation is 1. The first-order valence-electron chi connectivity index (χ1n) is 10.0. The molecule has 0 atom stereocenters. The van der Waals surface area contributed by atoms with Crippen molar-refractivity contribution in [3.05, 3.63) is 40.3 Å². The SMILES string of the molecule is Cc1ncsc1C(=O)NC1CCN(S(=O)(=O)c2ccc(S(=O)(=O)NC3CC3)cc2)CC1. The van der Waals surface area contributed by atoms with Crippen LogP contribution < -0.4 is 10.0 Å². The highest BCUT2D eigenvalue weighted by atomic mass is 32.2. The predicted octanol–water partition coefficient (Wildman–Crippen LogP) is 1.48. The minimum Gasteiger partial charge on any atom is -0.348 e. The molecule has 2 N–H and O–H groups in total. The van der Waals surface area contributed by atoms with Gasteiger partial charge in [-0.15, -0.1) is 11.3 Å². The van der Waals surface area contributed by atoms with Gasteiger partial charge in [0.25, 0.3) is 5.91 Å². The molecule has 1 saturated heterocycles. The minimum atomic E-state index is -3.74. The fourth-order valence-corrected chi connectivity index (χ4v) is 6.92. The smallest absolute Gasteiger partial charge is 0.263 e. The predicted molar refractivity (Wildman–Crippen MR) is 116 cm³/mol. The van der Waals surface area contributed by atoms with Crippen molar-refractivity contribution < 1.29 is 21.6 Å². The molecule has 1 aromatic carbocycles. The zero-order valence-electron chi connectivity index (χ0n) is 16.9. The van der Waals surface area contributed by atoms with Crippen molar-refractivity contribution in [2.75, 3.05) is 13.1 Å². The molecule has 0 unspecified atom stereocenters. The molecule has 168 valence electrons. The molecule has 0 radical (unpaired) electrons. The fraction of sp³-hybridized carbons (Fsp3) is 0.474. The summed E-state index contributed by atoms with van der Waals surface area (Å²) >= 11 is 1.28. The summed E-state index contributed by atoms with van der Waals surface area (Å²) in [5, 5.41) is 2.95. The first-order valence-corrected chi connectivity index (χ1v) is 13.8. The fourth-order valence-electron chi connectivity index (χ4n) is 3.44. The Labute approximate surface area is 186 Å². The lowest BCUT2D eigenvalue weighted by Crippen LogP contribution is -2.46. The third-order valence-corrected chi connectivity index (χ3v) is 9.79. The average Bonchev–Trinajstić information content (AvgIpc) is 3.44. The largest absolute Gasteiger partial charge is 0.348 e. The van der Waals surface area contributed by atoms with Crippen LogP contribution in [0.3, 0.4) is 0 Å². The summed E-state index contributed by atoms with van der Waals surface area (Å²) in [6.07, 6.45) is 2.65. The van der Waals surface area contributed by atoms with E-state index in [0.717, 1.165) is 12.8 Å². The van der Waals surface area contributed by atoms with Gasteiger partial charge in [-0.05, 0) is 56.9 Å². The zero-order chi connectivity index (χ0) is 22.2. The van der Waals surface area contributed by atoms with Gasteiger partial charge in [0.15, 0.2) is 0 Å². The van der Waals surface area contributed by atoms with E-state index in [1.165, 1.54) is 39.9 Å². The van der Waals surface area contributed by atoms with Crippen molar-refractivity contribution in [1.29, 1.82) is 0 Å². The van der Waals surface area contributed by atoms with Crippen LogP contribution in [-0.2, 0) is 20.0 Å². The number of rotatable bonds is 7. The quantitative estimate of drug-likeness (QED) is 0.613. The van der Waals surface area contributed by atoms with Gasteiger partial charge in [0.05, 0.1) is 21.0 Å². The van der Waals surface area contributed by atoms with Gasteiger partial charge in [-0.3, -0.25) is 4.79 Å². The number of nitrogens with zero attached hydrogens (tertiary/aromatic N) is 2. The maximum Gasteiger partial charge on any atom is 0.263 e. The molecule has 2 aliphatic rings. The maximum absolute atomic E-state index is 13.0. The van der Waals surface area contributed by atoms with E-state index in [0.29, 0.717) is 23.4 Å². The zero-order valence-corrected chi connectivity index (χ0v) is 19.4. The van der Waals surface area contributed by atoms with E-state index >= 15 is 0 Å². The molecule has 9 nitrogen and oxygen atoms in total. The number of hydrogen-bond acceptors (Lipinski definition) is 7. The Morgan fingerprint density at radius 2 is 1.61 bits per heavy atom. The monoisotopic (exact) mass is 484 g/mol. The average molecular weight is 485 g/mol. The number of benzene rings is 1. The van der Waals surface area contributed by atoms with E-state index in [2.05, 4.69) is 15.0 Å². The second-order valence-corrected chi connectivity index (χ2v) is 12.3. The summed E-state index contributed by atoms with van der Waals surface area (Å²) < 4.78 is 54.4. The molecule has 31 heavy (non-hydrogen) atoms. The van der Waals surface area contributed by atoms with E-state index in [-0.39, 0.29) is 40.9 Å². The van der Waals surface area contributed by atoms with Crippen molar-refractivity contribution in [1.82, 2.24) is 19.3 Å². The summed E-state index contributed by atoms with van der Waals surface area (Å²) in [5.74, 6) is -0.182. The van der Waals surface area contributed by atoms with Crippen LogP contribution in [0.15, 0.2) is 39.6 Å². The van der Waals surface area contributed by atoms with E-state index in [4.69, 9.17) is 0 Å². The third kappa shape index (κ3) is 4.98. The van der Waals surface area contributed by atoms with E-state index in [1.807, 2.05) is 0 Å². The second kappa shape index (κ2) is 8.58. The first-order chi connectivity index (χ1) is 14.7. The number of aromatic nitrogens is 1. The number of nitrogens with one attached hydrogen (secondary N) is 2. The Morgan fingerprint density at radius 3 is 2.16 bits per heavy atom. The molecule has 1 aliphatic carbocycles. The van der Waals surface area contributed by atoms with Crippen LogP contribution in [0, 0.1) is 6.92 Å². The van der Waals surface area contributed by atoms with Gasteiger partial charge in [0, 0.05) is 25.2 Å². The molecule has 2 heterocycles. The Bertz CT molecular complexity index is 1160. The molecule has 1 amide bonds. The van der Waals surface area contributed by atoms with Crippen LogP contribution in [-0.4, -0.2) is 57.2 Å². The van der Waals surface area contributed by atoms with Gasteiger partial charge >= 0.3 is 0 Å². The molecule has 1 aromatic heterocycles. The maximum atomic E-state index is 13.0. The van der Waals surface area contributed by atoms with Crippen LogP contribution in [0.4, 0.5) is 0 Å². The van der Waals surface area contributed by atoms with Crippen molar-refractivity contribution >= 4 is 37.3 Å². The lowest BCUT2D eigenvalue weighted by molar-refractivity contribution is 0.0927. The van der Waals surface area contributed by atoms with Crippen LogP contribution in [0.5, 0.6) is 0 Å². The lowest BCUT2D eigenvalue weighted by atomic mass is 10.1. The topological polar surface area (TPSA) is 126 Å². The van der Waals surface area contributed by atoms with Crippen LogP contribution in [0.1, 0.15) is 41.0 Å². The molecule has 2 aromatic rings. The van der Waals surface area contributed by atoms with Crippen LogP contribution in [0.2, 0.25) is 0 Å². The van der Waals surface area contributed by atoms with E-state index < -0.39 is 20.0 Å². The molecule has 1 aliphatic heterocycles. The number of sulfonamides is 2. The number of carbonyl (C=O) groups excluding carboxylic acids is 1. The highest BCUT2D eigenvalue weighted by Gasteiger charge is 2.31.